The number of halogens is 1. The largest absolute Gasteiger partial charge is 0.481 e. The van der Waals surface area contributed by atoms with Gasteiger partial charge < -0.3 is 10.4 Å². The highest BCUT2D eigenvalue weighted by atomic mass is 35.5. The van der Waals surface area contributed by atoms with Crippen LogP contribution in [0.4, 0.5) is 5.69 Å². The zero-order chi connectivity index (χ0) is 10.6. The zero-order valence-corrected chi connectivity index (χ0v) is 8.89. The molecule has 0 unspecified atom stereocenters. The Kier molecular flexibility index (Phi) is 3.97. The van der Waals surface area contributed by atoms with E-state index in [4.69, 9.17) is 16.7 Å². The molecular formula is C7H8ClN3O2S. The summed E-state index contributed by atoms with van der Waals surface area (Å²) >= 11 is 6.87. The molecule has 0 spiro atoms. The Labute approximate surface area is 89.9 Å². The number of hydrogen-bond donors (Lipinski definition) is 2. The number of thioether (sulfide) groups is 1. The smallest absolute Gasteiger partial charge is 0.313 e. The molecule has 7 heteroatoms. The molecule has 0 aliphatic rings. The number of hydrogen-bond acceptors (Lipinski definition) is 5. The monoisotopic (exact) mass is 233 g/mol. The lowest BCUT2D eigenvalue weighted by atomic mass is 10.5. The Morgan fingerprint density at radius 3 is 3.00 bits per heavy atom. The third kappa shape index (κ3) is 2.74. The summed E-state index contributed by atoms with van der Waals surface area (Å²) < 4.78 is 0. The molecule has 14 heavy (non-hydrogen) atoms. The molecular weight excluding hydrogens is 226 g/mol. The average Bonchev–Trinajstić information content (AvgIpc) is 2.14. The fourth-order valence-electron chi connectivity index (χ4n) is 0.799. The van der Waals surface area contributed by atoms with Crippen LogP contribution in [0.5, 0.6) is 0 Å². The van der Waals surface area contributed by atoms with Crippen LogP contribution in [0.25, 0.3) is 0 Å². The number of nitrogens with zero attached hydrogens (tertiary/aromatic N) is 2. The minimum absolute atomic E-state index is 0.0535. The lowest BCUT2D eigenvalue weighted by Gasteiger charge is -2.06. The number of aliphatic carboxylic acids is 1. The summed E-state index contributed by atoms with van der Waals surface area (Å²) in [6, 6.07) is 0. The highest BCUT2D eigenvalue weighted by molar-refractivity contribution is 8.00. The quantitative estimate of drug-likeness (QED) is 0.604. The number of rotatable bonds is 4. The predicted molar refractivity (Wildman–Crippen MR) is 54.9 cm³/mol. The Morgan fingerprint density at radius 2 is 2.43 bits per heavy atom. The molecule has 0 bridgehead atoms. The third-order valence-corrected chi connectivity index (χ3v) is 2.61. The molecule has 0 saturated heterocycles. The van der Waals surface area contributed by atoms with E-state index >= 15 is 0 Å². The van der Waals surface area contributed by atoms with E-state index in [1.807, 2.05) is 0 Å². The first kappa shape index (κ1) is 11.1. The Hall–Kier alpha value is -1.01. The molecule has 5 nitrogen and oxygen atoms in total. The lowest BCUT2D eigenvalue weighted by Crippen LogP contribution is -2.01. The first-order chi connectivity index (χ1) is 6.65. The van der Waals surface area contributed by atoms with E-state index in [1.54, 1.807) is 7.05 Å². The van der Waals surface area contributed by atoms with Crippen molar-refractivity contribution in [3.8, 4) is 0 Å². The Bertz CT molecular complexity index is 348. The molecule has 1 aromatic rings. The number of anilines is 1. The number of carboxylic acid groups (broad SMARTS) is 1. The van der Waals surface area contributed by atoms with E-state index in [1.165, 1.54) is 6.33 Å². The van der Waals surface area contributed by atoms with Gasteiger partial charge in [-0.1, -0.05) is 23.4 Å². The maximum absolute atomic E-state index is 10.3. The van der Waals surface area contributed by atoms with Crippen LogP contribution in [-0.2, 0) is 4.79 Å². The fraction of sp³-hybridized carbons (Fsp3) is 0.286. The van der Waals surface area contributed by atoms with Crippen molar-refractivity contribution in [3.05, 3.63) is 11.5 Å². The molecule has 0 atom stereocenters. The maximum Gasteiger partial charge on any atom is 0.313 e. The van der Waals surface area contributed by atoms with Gasteiger partial charge in [-0.3, -0.25) is 4.79 Å². The van der Waals surface area contributed by atoms with Crippen LogP contribution in [-0.4, -0.2) is 33.8 Å². The lowest BCUT2D eigenvalue weighted by molar-refractivity contribution is -0.133. The van der Waals surface area contributed by atoms with Crippen molar-refractivity contribution in [3.63, 3.8) is 0 Å². The number of aromatic nitrogens is 2. The van der Waals surface area contributed by atoms with Gasteiger partial charge >= 0.3 is 5.97 Å². The van der Waals surface area contributed by atoms with Crippen LogP contribution in [0.3, 0.4) is 0 Å². The van der Waals surface area contributed by atoms with Gasteiger partial charge in [0.05, 0.1) is 5.75 Å². The zero-order valence-electron chi connectivity index (χ0n) is 7.32. The molecule has 0 aliphatic heterocycles. The van der Waals surface area contributed by atoms with Gasteiger partial charge in [0.25, 0.3) is 0 Å². The van der Waals surface area contributed by atoms with Crippen LogP contribution in [0.15, 0.2) is 11.4 Å². The SMILES string of the molecule is CNc1c(Cl)ncnc1SCC(=O)O. The van der Waals surface area contributed by atoms with Crippen molar-refractivity contribution >= 4 is 35.0 Å². The van der Waals surface area contributed by atoms with Gasteiger partial charge in [-0.2, -0.15) is 0 Å². The Balaban J connectivity index is 2.85. The van der Waals surface area contributed by atoms with Crippen LogP contribution < -0.4 is 5.32 Å². The molecule has 0 aliphatic carbocycles. The van der Waals surface area contributed by atoms with Gasteiger partial charge in [0, 0.05) is 7.05 Å². The van der Waals surface area contributed by atoms with E-state index in [0.29, 0.717) is 10.7 Å². The summed E-state index contributed by atoms with van der Waals surface area (Å²) in [6.07, 6.45) is 1.30. The first-order valence-electron chi connectivity index (χ1n) is 3.68. The second-order valence-corrected chi connectivity index (χ2v) is 3.60. The molecule has 1 aromatic heterocycles. The number of carbonyl (C=O) groups is 1. The van der Waals surface area contributed by atoms with E-state index in [0.717, 1.165) is 11.8 Å². The molecule has 1 rings (SSSR count). The summed E-state index contributed by atoms with van der Waals surface area (Å²) in [7, 11) is 1.68. The molecule has 76 valence electrons. The summed E-state index contributed by atoms with van der Waals surface area (Å²) in [4.78, 5) is 18.0. The summed E-state index contributed by atoms with van der Waals surface area (Å²) in [5.41, 5.74) is 0.556. The second kappa shape index (κ2) is 5.02. The van der Waals surface area contributed by atoms with E-state index in [2.05, 4.69) is 15.3 Å². The molecule has 1 heterocycles. The molecule has 0 radical (unpaired) electrons. The van der Waals surface area contributed by atoms with Crippen LogP contribution in [0.2, 0.25) is 5.15 Å². The van der Waals surface area contributed by atoms with Crippen molar-refractivity contribution in [2.75, 3.05) is 18.1 Å². The summed E-state index contributed by atoms with van der Waals surface area (Å²) in [6.45, 7) is 0. The van der Waals surface area contributed by atoms with Crippen molar-refractivity contribution < 1.29 is 9.90 Å². The maximum atomic E-state index is 10.3. The third-order valence-electron chi connectivity index (χ3n) is 1.35. The predicted octanol–water partition coefficient (Wildman–Crippen LogP) is 1.35. The fourth-order valence-corrected chi connectivity index (χ4v) is 1.81. The van der Waals surface area contributed by atoms with Crippen LogP contribution >= 0.6 is 23.4 Å². The molecule has 0 amide bonds. The summed E-state index contributed by atoms with van der Waals surface area (Å²) in [5.74, 6) is -0.950. The second-order valence-electron chi connectivity index (χ2n) is 2.28. The molecule has 0 fully saturated rings. The average molecular weight is 234 g/mol. The van der Waals surface area contributed by atoms with E-state index < -0.39 is 5.97 Å². The number of carboxylic acids is 1. The molecule has 0 saturated carbocycles. The van der Waals surface area contributed by atoms with Gasteiger partial charge in [0.15, 0.2) is 5.15 Å². The molecule has 2 N–H and O–H groups in total. The van der Waals surface area contributed by atoms with Crippen molar-refractivity contribution in [2.45, 2.75) is 5.03 Å². The summed E-state index contributed by atoms with van der Waals surface area (Å²) in [5, 5.41) is 12.1. The van der Waals surface area contributed by atoms with E-state index in [9.17, 15) is 4.79 Å². The topological polar surface area (TPSA) is 75.1 Å². The minimum atomic E-state index is -0.896. The highest BCUT2D eigenvalue weighted by Crippen LogP contribution is 2.28. The van der Waals surface area contributed by atoms with Crippen LogP contribution in [0, 0.1) is 0 Å². The minimum Gasteiger partial charge on any atom is -0.481 e. The van der Waals surface area contributed by atoms with Gasteiger partial charge in [-0.25, -0.2) is 9.97 Å². The Morgan fingerprint density at radius 1 is 1.71 bits per heavy atom. The molecule has 0 aromatic carbocycles. The first-order valence-corrected chi connectivity index (χ1v) is 5.04. The van der Waals surface area contributed by atoms with Gasteiger partial charge in [0.1, 0.15) is 17.0 Å². The van der Waals surface area contributed by atoms with Crippen molar-refractivity contribution in [2.24, 2.45) is 0 Å². The van der Waals surface area contributed by atoms with Crippen molar-refractivity contribution in [1.82, 2.24) is 9.97 Å². The van der Waals surface area contributed by atoms with Gasteiger partial charge in [-0.05, 0) is 0 Å². The number of nitrogens with one attached hydrogen (secondary N) is 1. The van der Waals surface area contributed by atoms with E-state index in [-0.39, 0.29) is 10.9 Å². The standard InChI is InChI=1S/C7H8ClN3O2S/c1-9-5-6(8)10-3-11-7(5)14-2-4(12)13/h3,9H,2H2,1H3,(H,12,13). The van der Waals surface area contributed by atoms with Gasteiger partial charge in [-0.15, -0.1) is 0 Å². The van der Waals surface area contributed by atoms with Crippen LogP contribution in [0.1, 0.15) is 0 Å². The highest BCUT2D eigenvalue weighted by Gasteiger charge is 2.09. The van der Waals surface area contributed by atoms with Crippen molar-refractivity contribution in [1.29, 1.82) is 0 Å². The van der Waals surface area contributed by atoms with Gasteiger partial charge in [0.2, 0.25) is 0 Å². The normalized spacial score (nSPS) is 9.86.